The van der Waals surface area contributed by atoms with Crippen molar-refractivity contribution in [3.8, 4) is 0 Å². The molecule has 0 aliphatic carbocycles. The summed E-state index contributed by atoms with van der Waals surface area (Å²) in [4.78, 5) is 12.4. The Morgan fingerprint density at radius 2 is 1.80 bits per heavy atom. The van der Waals surface area contributed by atoms with Crippen LogP contribution in [0.2, 0.25) is 0 Å². The summed E-state index contributed by atoms with van der Waals surface area (Å²) < 4.78 is 46.1. The molecule has 3 rings (SSSR count). The van der Waals surface area contributed by atoms with Crippen LogP contribution < -0.4 is 5.32 Å². The van der Waals surface area contributed by atoms with Gasteiger partial charge in [-0.1, -0.05) is 30.3 Å². The predicted molar refractivity (Wildman–Crippen MR) is 105 cm³/mol. The van der Waals surface area contributed by atoms with Crippen molar-refractivity contribution in [2.75, 3.05) is 0 Å². The second-order valence-electron chi connectivity index (χ2n) is 7.93. The van der Waals surface area contributed by atoms with Gasteiger partial charge in [-0.2, -0.15) is 13.2 Å². The number of aryl methyl sites for hydroxylation is 1. The Kier molecular flexibility index (Phi) is 6.00. The van der Waals surface area contributed by atoms with Gasteiger partial charge in [0.25, 0.3) is 0 Å². The van der Waals surface area contributed by atoms with Crippen LogP contribution in [0.1, 0.15) is 50.2 Å². The van der Waals surface area contributed by atoms with Crippen LogP contribution in [0.5, 0.6) is 0 Å². The molecular formula is C21H23F3N4O2. The molecule has 1 atom stereocenters. The summed E-state index contributed by atoms with van der Waals surface area (Å²) >= 11 is 0. The van der Waals surface area contributed by atoms with Crippen molar-refractivity contribution in [2.45, 2.75) is 51.4 Å². The van der Waals surface area contributed by atoms with Gasteiger partial charge in [0.05, 0.1) is 11.6 Å². The lowest BCUT2D eigenvalue weighted by Crippen LogP contribution is -2.36. The van der Waals surface area contributed by atoms with E-state index in [1.165, 1.54) is 10.5 Å². The second kappa shape index (κ2) is 8.33. The fourth-order valence-electron chi connectivity index (χ4n) is 2.99. The van der Waals surface area contributed by atoms with Crippen LogP contribution in [0.4, 0.5) is 18.0 Å². The molecule has 0 radical (unpaired) electrons. The number of halogens is 3. The number of nitrogens with one attached hydrogen (secondary N) is 1. The summed E-state index contributed by atoms with van der Waals surface area (Å²) in [6.45, 7) is 5.19. The summed E-state index contributed by atoms with van der Waals surface area (Å²) in [6, 6.07) is 11.1. The van der Waals surface area contributed by atoms with Crippen molar-refractivity contribution in [3.05, 3.63) is 65.6 Å². The Morgan fingerprint density at radius 1 is 1.10 bits per heavy atom. The maximum Gasteiger partial charge on any atom is 0.417 e. The number of ether oxygens (including phenoxy) is 1. The summed E-state index contributed by atoms with van der Waals surface area (Å²) in [6.07, 6.45) is -3.26. The van der Waals surface area contributed by atoms with E-state index >= 15 is 0 Å². The van der Waals surface area contributed by atoms with Crippen molar-refractivity contribution < 1.29 is 22.7 Å². The van der Waals surface area contributed by atoms with E-state index in [2.05, 4.69) is 15.5 Å². The number of nitrogens with zero attached hydrogens (tertiary/aromatic N) is 3. The van der Waals surface area contributed by atoms with E-state index in [-0.39, 0.29) is 11.5 Å². The monoisotopic (exact) mass is 420 g/mol. The second-order valence-corrected chi connectivity index (χ2v) is 7.93. The topological polar surface area (TPSA) is 68.5 Å². The maximum absolute atomic E-state index is 13.2. The van der Waals surface area contributed by atoms with Crippen LogP contribution in [-0.2, 0) is 17.3 Å². The van der Waals surface area contributed by atoms with E-state index < -0.39 is 29.5 Å². The Bertz CT molecular complexity index is 1010. The highest BCUT2D eigenvalue weighted by molar-refractivity contribution is 5.68. The zero-order valence-corrected chi connectivity index (χ0v) is 16.9. The van der Waals surface area contributed by atoms with Crippen LogP contribution in [0.25, 0.3) is 5.65 Å². The summed E-state index contributed by atoms with van der Waals surface area (Å²) in [5.74, 6) is 0.206. The third-order valence-corrected chi connectivity index (χ3v) is 4.32. The number of hydrogen-bond donors (Lipinski definition) is 1. The standard InChI is InChI=1S/C21H23F3N4O2/c1-20(2,3)30-19(29)25-16(11-9-14-7-5-4-6-8-14)18-27-26-17-12-10-15(13-28(17)18)21(22,23)24/h4-8,10,12-13,16H,9,11H2,1-3H3,(H,25,29). The fourth-order valence-corrected chi connectivity index (χ4v) is 2.99. The van der Waals surface area contributed by atoms with Gasteiger partial charge in [-0.05, 0) is 51.3 Å². The van der Waals surface area contributed by atoms with E-state index in [0.717, 1.165) is 17.8 Å². The van der Waals surface area contributed by atoms with Gasteiger partial charge < -0.3 is 10.1 Å². The number of amides is 1. The SMILES string of the molecule is CC(C)(C)OC(=O)NC(CCc1ccccc1)c1nnc2ccc(C(F)(F)F)cn12. The molecule has 1 N–H and O–H groups in total. The molecule has 9 heteroatoms. The number of carbonyl (C=O) groups excluding carboxylic acids is 1. The van der Waals surface area contributed by atoms with Crippen molar-refractivity contribution >= 4 is 11.7 Å². The highest BCUT2D eigenvalue weighted by Crippen LogP contribution is 2.30. The molecule has 0 bridgehead atoms. The largest absolute Gasteiger partial charge is 0.444 e. The van der Waals surface area contributed by atoms with Crippen LogP contribution in [-0.4, -0.2) is 26.3 Å². The molecule has 2 aromatic heterocycles. The lowest BCUT2D eigenvalue weighted by molar-refractivity contribution is -0.137. The molecule has 3 aromatic rings. The molecule has 1 amide bonds. The van der Waals surface area contributed by atoms with E-state index in [4.69, 9.17) is 4.74 Å². The number of aromatic nitrogens is 3. The van der Waals surface area contributed by atoms with Crippen LogP contribution >= 0.6 is 0 Å². The molecule has 0 aliphatic heterocycles. The molecule has 1 aromatic carbocycles. The van der Waals surface area contributed by atoms with Crippen molar-refractivity contribution in [3.63, 3.8) is 0 Å². The summed E-state index contributed by atoms with van der Waals surface area (Å²) in [5.41, 5.74) is -0.258. The Labute approximate surface area is 172 Å². The van der Waals surface area contributed by atoms with Crippen LogP contribution in [0, 0.1) is 0 Å². The van der Waals surface area contributed by atoms with Gasteiger partial charge in [0.15, 0.2) is 11.5 Å². The highest BCUT2D eigenvalue weighted by Gasteiger charge is 2.32. The molecule has 0 saturated heterocycles. The first-order valence-electron chi connectivity index (χ1n) is 9.48. The number of pyridine rings is 1. The number of rotatable bonds is 5. The third-order valence-electron chi connectivity index (χ3n) is 4.32. The molecule has 0 fully saturated rings. The summed E-state index contributed by atoms with van der Waals surface area (Å²) in [7, 11) is 0. The molecule has 0 spiro atoms. The quantitative estimate of drug-likeness (QED) is 0.634. The Morgan fingerprint density at radius 3 is 2.43 bits per heavy atom. The van der Waals surface area contributed by atoms with Gasteiger partial charge in [-0.15, -0.1) is 10.2 Å². The van der Waals surface area contributed by atoms with Crippen LogP contribution in [0.3, 0.4) is 0 Å². The number of alkyl halides is 3. The molecule has 30 heavy (non-hydrogen) atoms. The number of alkyl carbamates (subject to hydrolysis) is 1. The zero-order chi connectivity index (χ0) is 21.9. The minimum absolute atomic E-state index is 0.206. The molecule has 2 heterocycles. The zero-order valence-electron chi connectivity index (χ0n) is 16.9. The van der Waals surface area contributed by atoms with E-state index in [1.54, 1.807) is 20.8 Å². The Balaban J connectivity index is 1.93. The highest BCUT2D eigenvalue weighted by atomic mass is 19.4. The maximum atomic E-state index is 13.2. The number of fused-ring (bicyclic) bond motifs is 1. The first-order chi connectivity index (χ1) is 14.0. The van der Waals surface area contributed by atoms with Gasteiger partial charge in [0.2, 0.25) is 0 Å². The van der Waals surface area contributed by atoms with E-state index in [1.807, 2.05) is 30.3 Å². The molecule has 160 valence electrons. The van der Waals surface area contributed by atoms with Gasteiger partial charge >= 0.3 is 12.3 Å². The van der Waals surface area contributed by atoms with Gasteiger partial charge in [0.1, 0.15) is 5.60 Å². The number of benzene rings is 1. The smallest absolute Gasteiger partial charge is 0.417 e. The lowest BCUT2D eigenvalue weighted by Gasteiger charge is -2.23. The average molecular weight is 420 g/mol. The van der Waals surface area contributed by atoms with Gasteiger partial charge in [-0.3, -0.25) is 4.40 Å². The van der Waals surface area contributed by atoms with Gasteiger partial charge in [-0.25, -0.2) is 4.79 Å². The van der Waals surface area contributed by atoms with Crippen LogP contribution in [0.15, 0.2) is 48.7 Å². The summed E-state index contributed by atoms with van der Waals surface area (Å²) in [5, 5.41) is 10.7. The molecule has 0 saturated carbocycles. The fraction of sp³-hybridized carbons (Fsp3) is 0.381. The normalized spacial score (nSPS) is 13.3. The van der Waals surface area contributed by atoms with Crippen molar-refractivity contribution in [2.24, 2.45) is 0 Å². The minimum atomic E-state index is -4.51. The van der Waals surface area contributed by atoms with Crippen molar-refractivity contribution in [1.82, 2.24) is 19.9 Å². The molecular weight excluding hydrogens is 397 g/mol. The van der Waals surface area contributed by atoms with E-state index in [0.29, 0.717) is 12.8 Å². The minimum Gasteiger partial charge on any atom is -0.444 e. The van der Waals surface area contributed by atoms with Gasteiger partial charge in [0, 0.05) is 6.20 Å². The van der Waals surface area contributed by atoms with Crippen molar-refractivity contribution in [1.29, 1.82) is 0 Å². The first-order valence-corrected chi connectivity index (χ1v) is 9.48. The third kappa shape index (κ3) is 5.49. The molecule has 0 aliphatic rings. The molecule has 6 nitrogen and oxygen atoms in total. The number of carbonyl (C=O) groups is 1. The first kappa shape index (κ1) is 21.6. The lowest BCUT2D eigenvalue weighted by atomic mass is 10.0. The Hall–Kier alpha value is -3.10. The average Bonchev–Trinajstić information content (AvgIpc) is 3.07. The molecule has 1 unspecified atom stereocenters. The van der Waals surface area contributed by atoms with E-state index in [9.17, 15) is 18.0 Å². The predicted octanol–water partition coefficient (Wildman–Crippen LogP) is 4.95. The number of hydrogen-bond acceptors (Lipinski definition) is 4.